The molecule has 0 aromatic heterocycles. The van der Waals surface area contributed by atoms with Gasteiger partial charge in [-0.15, -0.1) is 0 Å². The fourth-order valence-electron chi connectivity index (χ4n) is 4.63. The third-order valence-electron chi connectivity index (χ3n) is 6.68. The highest BCUT2D eigenvalue weighted by Gasteiger charge is 2.38. The van der Waals surface area contributed by atoms with Crippen LogP contribution < -0.4 is 0 Å². The smallest absolute Gasteiger partial charge is 0.378 e. The maximum absolute atomic E-state index is 13.2. The second kappa shape index (κ2) is 12.9. The van der Waals surface area contributed by atoms with Gasteiger partial charge in [-0.1, -0.05) is 59.3 Å². The summed E-state index contributed by atoms with van der Waals surface area (Å²) in [6.45, 7) is 6.20. The molecular weight excluding hydrogens is 430 g/mol. The Balaban J connectivity index is 3.04. The Labute approximate surface area is 188 Å². The third-order valence-corrected chi connectivity index (χ3v) is 6.68. The topological polar surface area (TPSA) is 9.23 Å². The standard InChI is InChI=1S/C25H38F6O/c1-5-8-9-10-11-12-13-20(23(6-2,7-3)32-4)15-14-19-16-21(24(26,27)28)18-22(17-19)25(29,30)31/h16-18,20H,5-15H2,1-4H3. The zero-order valence-electron chi connectivity index (χ0n) is 19.8. The van der Waals surface area contributed by atoms with Gasteiger partial charge in [0.1, 0.15) is 0 Å². The molecule has 0 heterocycles. The van der Waals surface area contributed by atoms with E-state index >= 15 is 0 Å². The van der Waals surface area contributed by atoms with Crippen molar-refractivity contribution in [2.75, 3.05) is 7.11 Å². The molecule has 1 aromatic rings. The predicted molar refractivity (Wildman–Crippen MR) is 117 cm³/mol. The van der Waals surface area contributed by atoms with Crippen molar-refractivity contribution in [3.8, 4) is 0 Å². The third kappa shape index (κ3) is 8.60. The highest BCUT2D eigenvalue weighted by Crippen LogP contribution is 2.39. The summed E-state index contributed by atoms with van der Waals surface area (Å²) in [5.41, 5.74) is -2.85. The molecule has 0 N–H and O–H groups in total. The lowest BCUT2D eigenvalue weighted by atomic mass is 9.76. The maximum Gasteiger partial charge on any atom is 0.416 e. The SMILES string of the molecule is CCCCCCCCC(CCc1cc(C(F)(F)F)cc(C(F)(F)F)c1)C(CC)(CC)OC. The molecule has 1 atom stereocenters. The zero-order chi connectivity index (χ0) is 24.4. The fraction of sp³-hybridized carbons (Fsp3) is 0.760. The van der Waals surface area contributed by atoms with Crippen LogP contribution in [0.2, 0.25) is 0 Å². The minimum absolute atomic E-state index is 0.0669. The van der Waals surface area contributed by atoms with Crippen LogP contribution in [-0.4, -0.2) is 12.7 Å². The summed E-state index contributed by atoms with van der Waals surface area (Å²) in [5.74, 6) is 0.0672. The van der Waals surface area contributed by atoms with Gasteiger partial charge < -0.3 is 4.74 Å². The first-order valence-corrected chi connectivity index (χ1v) is 11.8. The quantitative estimate of drug-likeness (QED) is 0.195. The number of hydrogen-bond donors (Lipinski definition) is 0. The first kappa shape index (κ1) is 28.8. The molecule has 0 saturated heterocycles. The number of benzene rings is 1. The summed E-state index contributed by atoms with van der Waals surface area (Å²) in [7, 11) is 1.65. The van der Waals surface area contributed by atoms with Gasteiger partial charge in [0.15, 0.2) is 0 Å². The Bertz CT molecular complexity index is 621. The second-order valence-electron chi connectivity index (χ2n) is 8.68. The van der Waals surface area contributed by atoms with E-state index in [1.165, 1.54) is 12.8 Å². The molecule has 7 heteroatoms. The van der Waals surface area contributed by atoms with E-state index in [9.17, 15) is 26.3 Å². The zero-order valence-corrected chi connectivity index (χ0v) is 19.8. The lowest BCUT2D eigenvalue weighted by Crippen LogP contribution is -2.39. The Kier molecular flexibility index (Phi) is 11.6. The molecule has 186 valence electrons. The van der Waals surface area contributed by atoms with E-state index in [0.717, 1.165) is 57.1 Å². The molecule has 0 bridgehead atoms. The highest BCUT2D eigenvalue weighted by molar-refractivity contribution is 5.33. The number of alkyl halides is 6. The van der Waals surface area contributed by atoms with Crippen LogP contribution in [0.25, 0.3) is 0 Å². The first-order valence-electron chi connectivity index (χ1n) is 11.8. The van der Waals surface area contributed by atoms with Gasteiger partial charge in [-0.3, -0.25) is 0 Å². The largest absolute Gasteiger partial charge is 0.416 e. The summed E-state index contributed by atoms with van der Waals surface area (Å²) in [5, 5.41) is 0. The molecule has 0 radical (unpaired) electrons. The number of halogens is 6. The number of aryl methyl sites for hydroxylation is 1. The van der Waals surface area contributed by atoms with Gasteiger partial charge in [0.25, 0.3) is 0 Å². The fourth-order valence-corrected chi connectivity index (χ4v) is 4.63. The molecule has 32 heavy (non-hydrogen) atoms. The van der Waals surface area contributed by atoms with E-state index in [2.05, 4.69) is 6.92 Å². The second-order valence-corrected chi connectivity index (χ2v) is 8.68. The van der Waals surface area contributed by atoms with Crippen LogP contribution in [-0.2, 0) is 23.5 Å². The average molecular weight is 469 g/mol. The first-order chi connectivity index (χ1) is 14.9. The normalized spacial score (nSPS) is 14.1. The Hall–Kier alpha value is -1.24. The number of unbranched alkanes of at least 4 members (excludes halogenated alkanes) is 5. The van der Waals surface area contributed by atoms with Crippen molar-refractivity contribution >= 4 is 0 Å². The Morgan fingerprint density at radius 3 is 1.66 bits per heavy atom. The van der Waals surface area contributed by atoms with Gasteiger partial charge in [0.05, 0.1) is 16.7 Å². The molecule has 0 spiro atoms. The van der Waals surface area contributed by atoms with Crippen LogP contribution in [0.15, 0.2) is 18.2 Å². The summed E-state index contributed by atoms with van der Waals surface area (Å²) in [6.07, 6.45) is 0.0893. The summed E-state index contributed by atoms with van der Waals surface area (Å²) < 4.78 is 85.0. The van der Waals surface area contributed by atoms with Crippen LogP contribution in [0.3, 0.4) is 0 Å². The number of methoxy groups -OCH3 is 1. The molecule has 0 aliphatic carbocycles. The lowest BCUT2D eigenvalue weighted by Gasteiger charge is -2.39. The summed E-state index contributed by atoms with van der Waals surface area (Å²) >= 11 is 0. The van der Waals surface area contributed by atoms with Crippen molar-refractivity contribution < 1.29 is 31.1 Å². The monoisotopic (exact) mass is 468 g/mol. The van der Waals surface area contributed by atoms with E-state index in [1.807, 2.05) is 13.8 Å². The molecule has 0 aliphatic heterocycles. The molecule has 0 fully saturated rings. The van der Waals surface area contributed by atoms with Crippen molar-refractivity contribution in [3.63, 3.8) is 0 Å². The number of ether oxygens (including phenoxy) is 1. The molecule has 1 aromatic carbocycles. The number of hydrogen-bond acceptors (Lipinski definition) is 1. The summed E-state index contributed by atoms with van der Waals surface area (Å²) in [6, 6.07) is 1.89. The van der Waals surface area contributed by atoms with Crippen LogP contribution in [0.1, 0.15) is 102 Å². The van der Waals surface area contributed by atoms with Gasteiger partial charge >= 0.3 is 12.4 Å². The van der Waals surface area contributed by atoms with Crippen molar-refractivity contribution in [1.29, 1.82) is 0 Å². The highest BCUT2D eigenvalue weighted by atomic mass is 19.4. The van der Waals surface area contributed by atoms with Gasteiger partial charge in [-0.25, -0.2) is 0 Å². The van der Waals surface area contributed by atoms with Crippen LogP contribution >= 0.6 is 0 Å². The summed E-state index contributed by atoms with van der Waals surface area (Å²) in [4.78, 5) is 0. The van der Waals surface area contributed by atoms with Gasteiger partial charge in [-0.05, 0) is 61.8 Å². The number of rotatable bonds is 14. The maximum atomic E-state index is 13.2. The lowest BCUT2D eigenvalue weighted by molar-refractivity contribution is -0.143. The Morgan fingerprint density at radius 1 is 0.719 bits per heavy atom. The van der Waals surface area contributed by atoms with Crippen molar-refractivity contribution in [3.05, 3.63) is 34.9 Å². The van der Waals surface area contributed by atoms with Gasteiger partial charge in [-0.2, -0.15) is 26.3 Å². The van der Waals surface area contributed by atoms with E-state index in [0.29, 0.717) is 6.42 Å². The molecule has 0 saturated carbocycles. The Morgan fingerprint density at radius 2 is 1.22 bits per heavy atom. The average Bonchev–Trinajstić information content (AvgIpc) is 2.73. The van der Waals surface area contributed by atoms with Crippen LogP contribution in [0, 0.1) is 5.92 Å². The van der Waals surface area contributed by atoms with E-state index in [1.54, 1.807) is 7.11 Å². The van der Waals surface area contributed by atoms with E-state index < -0.39 is 29.1 Å². The van der Waals surface area contributed by atoms with Gasteiger partial charge in [0, 0.05) is 7.11 Å². The van der Waals surface area contributed by atoms with Crippen molar-refractivity contribution in [2.24, 2.45) is 5.92 Å². The van der Waals surface area contributed by atoms with Crippen molar-refractivity contribution in [1.82, 2.24) is 0 Å². The molecule has 0 aliphatic rings. The van der Waals surface area contributed by atoms with Crippen LogP contribution in [0.5, 0.6) is 0 Å². The van der Waals surface area contributed by atoms with Gasteiger partial charge in [0.2, 0.25) is 0 Å². The van der Waals surface area contributed by atoms with Crippen LogP contribution in [0.4, 0.5) is 26.3 Å². The minimum Gasteiger partial charge on any atom is -0.378 e. The van der Waals surface area contributed by atoms with E-state index in [4.69, 9.17) is 4.74 Å². The molecule has 1 unspecified atom stereocenters. The minimum atomic E-state index is -4.82. The van der Waals surface area contributed by atoms with E-state index in [-0.39, 0.29) is 24.0 Å². The predicted octanol–water partition coefficient (Wildman–Crippen LogP) is 9.23. The van der Waals surface area contributed by atoms with Crippen molar-refractivity contribution in [2.45, 2.75) is 109 Å². The molecule has 1 nitrogen and oxygen atoms in total. The molecule has 0 amide bonds. The molecular formula is C25H38F6O. The molecule has 1 rings (SSSR count).